The molecule has 0 spiro atoms. The fourth-order valence-electron chi connectivity index (χ4n) is 1.90. The molecular weight excluding hydrogens is 247 g/mol. The molecule has 6 heteroatoms. The molecule has 1 atom stereocenters. The molecule has 3 N–H and O–H groups in total. The van der Waals surface area contributed by atoms with Gasteiger partial charge < -0.3 is 4.74 Å². The first-order chi connectivity index (χ1) is 9.15. The normalized spacial score (nSPS) is 12.2. The minimum Gasteiger partial charge on any atom is -0.496 e. The van der Waals surface area contributed by atoms with E-state index in [1.54, 1.807) is 25.3 Å². The number of ether oxygens (including phenoxy) is 1. The summed E-state index contributed by atoms with van der Waals surface area (Å²) < 4.78 is 18.6. The van der Waals surface area contributed by atoms with Gasteiger partial charge >= 0.3 is 0 Å². The molecule has 0 saturated heterocycles. The van der Waals surface area contributed by atoms with Gasteiger partial charge in [0.15, 0.2) is 0 Å². The third-order valence-corrected chi connectivity index (χ3v) is 2.76. The van der Waals surface area contributed by atoms with E-state index in [1.807, 2.05) is 0 Å². The molecule has 2 aromatic rings. The largest absolute Gasteiger partial charge is 0.496 e. The van der Waals surface area contributed by atoms with Gasteiger partial charge in [0.2, 0.25) is 0 Å². The Morgan fingerprint density at radius 3 is 2.79 bits per heavy atom. The molecule has 1 unspecified atom stereocenters. The van der Waals surface area contributed by atoms with Crippen molar-refractivity contribution in [1.29, 1.82) is 0 Å². The number of hydrogen-bond donors (Lipinski definition) is 2. The number of hydrazine groups is 1. The Balaban J connectivity index is 2.50. The van der Waals surface area contributed by atoms with Gasteiger partial charge in [-0.25, -0.2) is 19.8 Å². The number of aromatic nitrogens is 2. The summed E-state index contributed by atoms with van der Waals surface area (Å²) in [5.41, 5.74) is 3.86. The zero-order valence-corrected chi connectivity index (χ0v) is 10.7. The van der Waals surface area contributed by atoms with E-state index in [1.165, 1.54) is 19.2 Å². The maximum Gasteiger partial charge on any atom is 0.125 e. The molecule has 1 aromatic carbocycles. The zero-order valence-electron chi connectivity index (χ0n) is 10.7. The van der Waals surface area contributed by atoms with Crippen molar-refractivity contribution in [2.24, 2.45) is 5.84 Å². The van der Waals surface area contributed by atoms with Crippen LogP contribution in [0.2, 0.25) is 0 Å². The van der Waals surface area contributed by atoms with Crippen molar-refractivity contribution in [3.63, 3.8) is 0 Å². The highest BCUT2D eigenvalue weighted by Crippen LogP contribution is 2.29. The summed E-state index contributed by atoms with van der Waals surface area (Å²) in [5, 5.41) is 0. The maximum atomic E-state index is 13.4. The fourth-order valence-corrected chi connectivity index (χ4v) is 1.90. The number of nitrogens with one attached hydrogen (secondary N) is 1. The summed E-state index contributed by atoms with van der Waals surface area (Å²) in [7, 11) is 1.52. The van der Waals surface area contributed by atoms with Crippen molar-refractivity contribution in [1.82, 2.24) is 15.4 Å². The molecule has 0 saturated carbocycles. The molecular formula is C13H15FN4O. The number of benzene rings is 1. The summed E-state index contributed by atoms with van der Waals surface area (Å²) in [6.45, 7) is 1.78. The summed E-state index contributed by atoms with van der Waals surface area (Å²) in [4.78, 5) is 8.32. The molecule has 0 fully saturated rings. The first kappa shape index (κ1) is 13.4. The van der Waals surface area contributed by atoms with Gasteiger partial charge in [-0.15, -0.1) is 0 Å². The lowest BCUT2D eigenvalue weighted by molar-refractivity contribution is 0.402. The second kappa shape index (κ2) is 5.73. The van der Waals surface area contributed by atoms with Crippen LogP contribution in [-0.4, -0.2) is 17.1 Å². The molecule has 2 rings (SSSR count). The van der Waals surface area contributed by atoms with Crippen LogP contribution in [0, 0.1) is 12.7 Å². The second-order valence-electron chi connectivity index (χ2n) is 4.01. The van der Waals surface area contributed by atoms with Crippen LogP contribution in [0.15, 0.2) is 30.5 Å². The highest BCUT2D eigenvalue weighted by molar-refractivity contribution is 5.40. The number of aryl methyl sites for hydroxylation is 1. The van der Waals surface area contributed by atoms with E-state index in [0.29, 0.717) is 22.8 Å². The number of methoxy groups -OCH3 is 1. The standard InChI is InChI=1S/C13H15FN4O/c1-8-16-6-5-11(17-8)13(18-15)10-7-9(14)3-4-12(10)19-2/h3-7,13,18H,15H2,1-2H3. The maximum absolute atomic E-state index is 13.4. The Kier molecular flexibility index (Phi) is 4.03. The number of hydrogen-bond acceptors (Lipinski definition) is 5. The Morgan fingerprint density at radius 2 is 2.16 bits per heavy atom. The zero-order chi connectivity index (χ0) is 13.8. The van der Waals surface area contributed by atoms with Crippen molar-refractivity contribution >= 4 is 0 Å². The molecule has 0 aliphatic rings. The Hall–Kier alpha value is -2.05. The lowest BCUT2D eigenvalue weighted by atomic mass is 10.0. The van der Waals surface area contributed by atoms with E-state index in [4.69, 9.17) is 10.6 Å². The molecule has 0 bridgehead atoms. The third-order valence-electron chi connectivity index (χ3n) is 2.76. The minimum atomic E-state index is -0.465. The van der Waals surface area contributed by atoms with Crippen molar-refractivity contribution in [3.05, 3.63) is 53.4 Å². The summed E-state index contributed by atoms with van der Waals surface area (Å²) >= 11 is 0. The predicted molar refractivity (Wildman–Crippen MR) is 68.9 cm³/mol. The molecule has 1 aromatic heterocycles. The molecule has 100 valence electrons. The van der Waals surface area contributed by atoms with Gasteiger partial charge in [0.1, 0.15) is 17.4 Å². The Bertz CT molecular complexity index is 576. The average molecular weight is 262 g/mol. The van der Waals surface area contributed by atoms with E-state index >= 15 is 0 Å². The van der Waals surface area contributed by atoms with Crippen LogP contribution < -0.4 is 16.0 Å². The van der Waals surface area contributed by atoms with Gasteiger partial charge in [-0.2, -0.15) is 0 Å². The molecule has 0 aliphatic carbocycles. The van der Waals surface area contributed by atoms with Gasteiger partial charge in [-0.1, -0.05) is 0 Å². The van der Waals surface area contributed by atoms with Crippen molar-refractivity contribution in [2.45, 2.75) is 13.0 Å². The van der Waals surface area contributed by atoms with E-state index in [-0.39, 0.29) is 5.82 Å². The van der Waals surface area contributed by atoms with Crippen molar-refractivity contribution in [2.75, 3.05) is 7.11 Å². The van der Waals surface area contributed by atoms with Crippen LogP contribution >= 0.6 is 0 Å². The smallest absolute Gasteiger partial charge is 0.125 e. The van der Waals surface area contributed by atoms with E-state index in [9.17, 15) is 4.39 Å². The lowest BCUT2D eigenvalue weighted by Crippen LogP contribution is -2.30. The number of rotatable bonds is 4. The second-order valence-corrected chi connectivity index (χ2v) is 4.01. The molecule has 0 amide bonds. The van der Waals surface area contributed by atoms with Gasteiger partial charge in [0, 0.05) is 11.8 Å². The Morgan fingerprint density at radius 1 is 1.37 bits per heavy atom. The quantitative estimate of drug-likeness (QED) is 0.645. The average Bonchev–Trinajstić information content (AvgIpc) is 2.40. The van der Waals surface area contributed by atoms with Gasteiger partial charge in [-0.3, -0.25) is 5.84 Å². The topological polar surface area (TPSA) is 73.1 Å². The minimum absolute atomic E-state index is 0.359. The third kappa shape index (κ3) is 2.86. The molecule has 0 aliphatic heterocycles. The van der Waals surface area contributed by atoms with Crippen LogP contribution in [0.5, 0.6) is 5.75 Å². The summed E-state index contributed by atoms with van der Waals surface area (Å²) in [6, 6.07) is 5.53. The molecule has 1 heterocycles. The lowest BCUT2D eigenvalue weighted by Gasteiger charge is -2.18. The molecule has 0 radical (unpaired) electrons. The van der Waals surface area contributed by atoms with Gasteiger partial charge in [0.05, 0.1) is 18.8 Å². The van der Waals surface area contributed by atoms with E-state index < -0.39 is 6.04 Å². The van der Waals surface area contributed by atoms with Crippen LogP contribution in [-0.2, 0) is 0 Å². The highest BCUT2D eigenvalue weighted by Gasteiger charge is 2.19. The summed E-state index contributed by atoms with van der Waals surface area (Å²) in [5.74, 6) is 6.37. The van der Waals surface area contributed by atoms with Crippen molar-refractivity contribution < 1.29 is 9.13 Å². The summed E-state index contributed by atoms with van der Waals surface area (Å²) in [6.07, 6.45) is 1.63. The van der Waals surface area contributed by atoms with Gasteiger partial charge in [0.25, 0.3) is 0 Å². The Labute approximate surface area is 110 Å². The van der Waals surface area contributed by atoms with E-state index in [2.05, 4.69) is 15.4 Å². The first-order valence-corrected chi connectivity index (χ1v) is 5.75. The molecule has 5 nitrogen and oxygen atoms in total. The fraction of sp³-hybridized carbons (Fsp3) is 0.231. The van der Waals surface area contributed by atoms with Crippen molar-refractivity contribution in [3.8, 4) is 5.75 Å². The van der Waals surface area contributed by atoms with Crippen LogP contribution in [0.4, 0.5) is 4.39 Å². The SMILES string of the molecule is COc1ccc(F)cc1C(NN)c1ccnc(C)n1. The van der Waals surface area contributed by atoms with Crippen LogP contribution in [0.1, 0.15) is 23.1 Å². The monoisotopic (exact) mass is 262 g/mol. The number of halogens is 1. The van der Waals surface area contributed by atoms with E-state index in [0.717, 1.165) is 0 Å². The van der Waals surface area contributed by atoms with Gasteiger partial charge in [-0.05, 0) is 31.2 Å². The van der Waals surface area contributed by atoms with Crippen LogP contribution in [0.25, 0.3) is 0 Å². The number of nitrogens with two attached hydrogens (primary N) is 1. The molecule has 19 heavy (non-hydrogen) atoms. The predicted octanol–water partition coefficient (Wildman–Crippen LogP) is 1.49. The highest BCUT2D eigenvalue weighted by atomic mass is 19.1. The van der Waals surface area contributed by atoms with Crippen LogP contribution in [0.3, 0.4) is 0 Å². The number of nitrogens with zero attached hydrogens (tertiary/aromatic N) is 2. The first-order valence-electron chi connectivity index (χ1n) is 5.75.